The first-order valence-electron chi connectivity index (χ1n) is 8.14. The van der Waals surface area contributed by atoms with Crippen LogP contribution < -0.4 is 15.4 Å². The summed E-state index contributed by atoms with van der Waals surface area (Å²) in [6.07, 6.45) is 0. The molecule has 0 aliphatic carbocycles. The fraction of sp³-hybridized carbons (Fsp3) is 0.263. The second-order valence-electron chi connectivity index (χ2n) is 5.22. The molecule has 132 valence electrons. The van der Waals surface area contributed by atoms with Gasteiger partial charge in [0.1, 0.15) is 19.0 Å². The van der Waals surface area contributed by atoms with E-state index in [4.69, 9.17) is 9.47 Å². The fourth-order valence-electron chi connectivity index (χ4n) is 2.07. The van der Waals surface area contributed by atoms with Gasteiger partial charge in [0.15, 0.2) is 0 Å². The Morgan fingerprint density at radius 1 is 1.00 bits per heavy atom. The van der Waals surface area contributed by atoms with Crippen LogP contribution in [0.4, 0.5) is 4.79 Å². The molecule has 0 aliphatic rings. The second-order valence-corrected chi connectivity index (χ2v) is 5.22. The molecule has 6 heteroatoms. The fourth-order valence-corrected chi connectivity index (χ4v) is 2.07. The van der Waals surface area contributed by atoms with Gasteiger partial charge < -0.3 is 20.1 Å². The molecule has 0 spiro atoms. The van der Waals surface area contributed by atoms with Gasteiger partial charge in [-0.2, -0.15) is 0 Å². The van der Waals surface area contributed by atoms with Crippen LogP contribution >= 0.6 is 0 Å². The number of carbonyl (C=O) groups excluding carboxylic acids is 2. The lowest BCUT2D eigenvalue weighted by Crippen LogP contribution is -2.37. The number of nitrogens with one attached hydrogen (secondary N) is 2. The molecule has 2 N–H and O–H groups in total. The van der Waals surface area contributed by atoms with E-state index in [0.29, 0.717) is 24.5 Å². The van der Waals surface area contributed by atoms with E-state index >= 15 is 0 Å². The average Bonchev–Trinajstić information content (AvgIpc) is 2.65. The van der Waals surface area contributed by atoms with Gasteiger partial charge in [-0.3, -0.25) is 0 Å². The first-order valence-corrected chi connectivity index (χ1v) is 8.14. The third-order valence-electron chi connectivity index (χ3n) is 3.28. The quantitative estimate of drug-likeness (QED) is 0.571. The maximum absolute atomic E-state index is 12.0. The Hall–Kier alpha value is -3.02. The van der Waals surface area contributed by atoms with Crippen molar-refractivity contribution in [3.05, 3.63) is 65.7 Å². The molecule has 0 bridgehead atoms. The van der Waals surface area contributed by atoms with Crippen LogP contribution in [0, 0.1) is 0 Å². The van der Waals surface area contributed by atoms with Crippen LogP contribution in [0.15, 0.2) is 54.6 Å². The number of carbonyl (C=O) groups is 2. The van der Waals surface area contributed by atoms with Gasteiger partial charge in [0.05, 0.1) is 12.1 Å². The highest BCUT2D eigenvalue weighted by atomic mass is 16.5. The van der Waals surface area contributed by atoms with Gasteiger partial charge in [-0.05, 0) is 30.7 Å². The molecular formula is C19H22N2O4. The standard InChI is InChI=1S/C19H22N2O4/c1-2-20-19(23)21-11-12-24-18(22)16-9-6-10-17(13-16)25-14-15-7-4-3-5-8-15/h3-10,13H,2,11-12,14H2,1H3,(H2,20,21,23). The van der Waals surface area contributed by atoms with E-state index in [2.05, 4.69) is 10.6 Å². The van der Waals surface area contributed by atoms with Gasteiger partial charge in [0.25, 0.3) is 0 Å². The Bertz CT molecular complexity index is 689. The molecule has 6 nitrogen and oxygen atoms in total. The summed E-state index contributed by atoms with van der Waals surface area (Å²) in [5.74, 6) is 0.140. The topological polar surface area (TPSA) is 76.7 Å². The number of hydrogen-bond acceptors (Lipinski definition) is 4. The normalized spacial score (nSPS) is 9.96. The predicted molar refractivity (Wildman–Crippen MR) is 94.6 cm³/mol. The lowest BCUT2D eigenvalue weighted by molar-refractivity contribution is 0.0509. The molecule has 0 fully saturated rings. The summed E-state index contributed by atoms with van der Waals surface area (Å²) in [6.45, 7) is 3.15. The molecule has 2 aromatic carbocycles. The van der Waals surface area contributed by atoms with E-state index in [0.717, 1.165) is 5.56 Å². The van der Waals surface area contributed by atoms with E-state index < -0.39 is 5.97 Å². The molecule has 2 rings (SSSR count). The summed E-state index contributed by atoms with van der Waals surface area (Å²) >= 11 is 0. The van der Waals surface area contributed by atoms with Crippen molar-refractivity contribution in [3.8, 4) is 5.75 Å². The van der Waals surface area contributed by atoms with Gasteiger partial charge in [-0.15, -0.1) is 0 Å². The summed E-state index contributed by atoms with van der Waals surface area (Å²) < 4.78 is 10.8. The van der Waals surface area contributed by atoms with Gasteiger partial charge in [0, 0.05) is 6.54 Å². The van der Waals surface area contributed by atoms with Crippen molar-refractivity contribution in [2.45, 2.75) is 13.5 Å². The Balaban J connectivity index is 1.79. The molecule has 25 heavy (non-hydrogen) atoms. The highest BCUT2D eigenvalue weighted by Gasteiger charge is 2.08. The van der Waals surface area contributed by atoms with Crippen LogP contribution in [0.25, 0.3) is 0 Å². The molecule has 0 heterocycles. The molecule has 0 saturated carbocycles. The number of amides is 2. The summed E-state index contributed by atoms with van der Waals surface area (Å²) in [5.41, 5.74) is 1.45. The number of esters is 1. The first-order chi connectivity index (χ1) is 12.2. The Morgan fingerprint density at radius 2 is 1.80 bits per heavy atom. The van der Waals surface area contributed by atoms with Gasteiger partial charge in [-0.25, -0.2) is 9.59 Å². The zero-order valence-corrected chi connectivity index (χ0v) is 14.2. The molecule has 0 unspecified atom stereocenters. The maximum atomic E-state index is 12.0. The SMILES string of the molecule is CCNC(=O)NCCOC(=O)c1cccc(OCc2ccccc2)c1. The van der Waals surface area contributed by atoms with Crippen molar-refractivity contribution in [2.24, 2.45) is 0 Å². The molecule has 2 aromatic rings. The van der Waals surface area contributed by atoms with Gasteiger partial charge in [0.2, 0.25) is 0 Å². The maximum Gasteiger partial charge on any atom is 0.338 e. The lowest BCUT2D eigenvalue weighted by Gasteiger charge is -2.09. The lowest BCUT2D eigenvalue weighted by atomic mass is 10.2. The van der Waals surface area contributed by atoms with E-state index in [1.807, 2.05) is 37.3 Å². The van der Waals surface area contributed by atoms with Crippen LogP contribution in [-0.4, -0.2) is 31.7 Å². The molecule has 2 amide bonds. The van der Waals surface area contributed by atoms with Crippen molar-refractivity contribution in [1.29, 1.82) is 0 Å². The van der Waals surface area contributed by atoms with Crippen molar-refractivity contribution in [3.63, 3.8) is 0 Å². The van der Waals surface area contributed by atoms with Crippen molar-refractivity contribution in [2.75, 3.05) is 19.7 Å². The third-order valence-corrected chi connectivity index (χ3v) is 3.28. The average molecular weight is 342 g/mol. The second kappa shape index (κ2) is 9.97. The van der Waals surface area contributed by atoms with Crippen LogP contribution in [-0.2, 0) is 11.3 Å². The molecule has 0 aliphatic heterocycles. The first kappa shape index (κ1) is 18.3. The largest absolute Gasteiger partial charge is 0.489 e. The Morgan fingerprint density at radius 3 is 2.56 bits per heavy atom. The zero-order chi connectivity index (χ0) is 17.9. The minimum Gasteiger partial charge on any atom is -0.489 e. The number of rotatable bonds is 8. The van der Waals surface area contributed by atoms with Crippen molar-refractivity contribution < 1.29 is 19.1 Å². The van der Waals surface area contributed by atoms with Gasteiger partial charge >= 0.3 is 12.0 Å². The molecular weight excluding hydrogens is 320 g/mol. The summed E-state index contributed by atoms with van der Waals surface area (Å²) in [4.78, 5) is 23.2. The molecule has 0 saturated heterocycles. The summed E-state index contributed by atoms with van der Waals surface area (Å²) in [5, 5.41) is 5.18. The minimum absolute atomic E-state index is 0.102. The smallest absolute Gasteiger partial charge is 0.338 e. The minimum atomic E-state index is -0.456. The molecule has 0 atom stereocenters. The van der Waals surface area contributed by atoms with E-state index in [-0.39, 0.29) is 19.2 Å². The number of benzene rings is 2. The third kappa shape index (κ3) is 6.55. The highest BCUT2D eigenvalue weighted by Crippen LogP contribution is 2.16. The van der Waals surface area contributed by atoms with Crippen LogP contribution in [0.5, 0.6) is 5.75 Å². The van der Waals surface area contributed by atoms with Crippen LogP contribution in [0.2, 0.25) is 0 Å². The predicted octanol–water partition coefficient (Wildman–Crippen LogP) is 2.74. The Labute approximate surface area is 147 Å². The van der Waals surface area contributed by atoms with E-state index in [1.54, 1.807) is 24.3 Å². The molecule has 0 aromatic heterocycles. The van der Waals surface area contributed by atoms with Crippen molar-refractivity contribution >= 4 is 12.0 Å². The zero-order valence-electron chi connectivity index (χ0n) is 14.2. The highest BCUT2D eigenvalue weighted by molar-refractivity contribution is 5.89. The van der Waals surface area contributed by atoms with Crippen molar-refractivity contribution in [1.82, 2.24) is 10.6 Å². The van der Waals surface area contributed by atoms with Gasteiger partial charge in [-0.1, -0.05) is 36.4 Å². The van der Waals surface area contributed by atoms with E-state index in [1.165, 1.54) is 0 Å². The van der Waals surface area contributed by atoms with Crippen LogP contribution in [0.3, 0.4) is 0 Å². The molecule has 0 radical (unpaired) electrons. The van der Waals surface area contributed by atoms with E-state index in [9.17, 15) is 9.59 Å². The Kier molecular flexibility index (Phi) is 7.31. The number of ether oxygens (including phenoxy) is 2. The summed E-state index contributed by atoms with van der Waals surface area (Å²) in [7, 11) is 0. The number of hydrogen-bond donors (Lipinski definition) is 2. The van der Waals surface area contributed by atoms with Crippen LogP contribution in [0.1, 0.15) is 22.8 Å². The monoisotopic (exact) mass is 342 g/mol. The number of urea groups is 1. The summed E-state index contributed by atoms with van der Waals surface area (Å²) in [6, 6.07) is 16.3.